The number of hydrogen-bond acceptors (Lipinski definition) is 1. The molecule has 0 aromatic rings. The van der Waals surface area contributed by atoms with Crippen LogP contribution in [-0.4, -0.2) is 6.21 Å². The zero-order chi connectivity index (χ0) is 6.41. The lowest BCUT2D eigenvalue weighted by Gasteiger charge is -1.86. The van der Waals surface area contributed by atoms with Gasteiger partial charge in [-0.15, -0.1) is 0 Å². The lowest BCUT2D eigenvalue weighted by Crippen LogP contribution is -1.72. The van der Waals surface area contributed by atoms with Crippen LogP contribution in [0.25, 0.3) is 0 Å². The summed E-state index contributed by atoms with van der Waals surface area (Å²) in [6.07, 6.45) is 3.83. The molecular formula is C5H7BrIN. The second kappa shape index (κ2) is 5.75. The van der Waals surface area contributed by atoms with Gasteiger partial charge in [0.15, 0.2) is 0 Å². The van der Waals surface area contributed by atoms with Gasteiger partial charge >= 0.3 is 0 Å². The third kappa shape index (κ3) is 6.62. The number of nitrogens with zero attached hydrogens (tertiary/aromatic N) is 1. The van der Waals surface area contributed by atoms with Gasteiger partial charge < -0.3 is 0 Å². The predicted octanol–water partition coefficient (Wildman–Crippen LogP) is 3.10. The number of allylic oxidation sites excluding steroid dienone is 1. The maximum absolute atomic E-state index is 3.79. The summed E-state index contributed by atoms with van der Waals surface area (Å²) in [5.74, 6) is 0. The molecule has 0 spiro atoms. The van der Waals surface area contributed by atoms with E-state index in [1.54, 1.807) is 0 Å². The maximum Gasteiger partial charge on any atom is 0.0827 e. The van der Waals surface area contributed by atoms with E-state index in [9.17, 15) is 0 Å². The smallest absolute Gasteiger partial charge is 0.0827 e. The third-order valence-corrected chi connectivity index (χ3v) is 1.40. The minimum absolute atomic E-state index is 0.979. The van der Waals surface area contributed by atoms with Crippen LogP contribution in [0.2, 0.25) is 0 Å². The fourth-order valence-electron chi connectivity index (χ4n) is 0.270. The van der Waals surface area contributed by atoms with Crippen LogP contribution in [0.3, 0.4) is 0 Å². The highest BCUT2D eigenvalue weighted by molar-refractivity contribution is 14.1. The Bertz CT molecular complexity index is 101. The first kappa shape index (κ1) is 8.62. The summed E-state index contributed by atoms with van der Waals surface area (Å²) in [6.45, 7) is 3.68. The monoisotopic (exact) mass is 287 g/mol. The van der Waals surface area contributed by atoms with E-state index in [4.69, 9.17) is 0 Å². The third-order valence-electron chi connectivity index (χ3n) is 0.614. The summed E-state index contributed by atoms with van der Waals surface area (Å²) >= 11 is 5.20. The second-order valence-corrected chi connectivity index (χ2v) is 3.01. The molecule has 1 nitrogen and oxygen atoms in total. The average Bonchev–Trinajstić information content (AvgIpc) is 1.66. The molecule has 0 radical (unpaired) electrons. The van der Waals surface area contributed by atoms with Crippen molar-refractivity contribution in [2.45, 2.75) is 12.8 Å². The number of halogens is 2. The summed E-state index contributed by atoms with van der Waals surface area (Å²) in [6, 6.07) is 0. The van der Waals surface area contributed by atoms with Crippen molar-refractivity contribution in [2.24, 2.45) is 3.21 Å². The normalized spacial score (nSPS) is 10.2. The Morgan fingerprint density at radius 2 is 2.50 bits per heavy atom. The second-order valence-electron chi connectivity index (χ2n) is 1.34. The van der Waals surface area contributed by atoms with Crippen LogP contribution in [-0.2, 0) is 0 Å². The van der Waals surface area contributed by atoms with Gasteiger partial charge in [0.05, 0.1) is 22.9 Å². The van der Waals surface area contributed by atoms with Crippen molar-refractivity contribution in [3.63, 3.8) is 0 Å². The largest absolute Gasteiger partial charge is 0.228 e. The van der Waals surface area contributed by atoms with Crippen molar-refractivity contribution in [3.05, 3.63) is 11.1 Å². The van der Waals surface area contributed by atoms with Gasteiger partial charge in [0.1, 0.15) is 0 Å². The minimum Gasteiger partial charge on any atom is -0.228 e. The SMILES string of the molecule is C=C(Br)CC/C=N/I. The Hall–Kier alpha value is 0.620. The number of hydrogen-bond donors (Lipinski definition) is 0. The van der Waals surface area contributed by atoms with E-state index < -0.39 is 0 Å². The quantitative estimate of drug-likeness (QED) is 0.559. The van der Waals surface area contributed by atoms with Crippen molar-refractivity contribution in [1.29, 1.82) is 0 Å². The van der Waals surface area contributed by atoms with Gasteiger partial charge in [-0.25, -0.2) is 3.21 Å². The first-order valence-corrected chi connectivity index (χ1v) is 3.99. The molecule has 0 aromatic heterocycles. The van der Waals surface area contributed by atoms with E-state index in [0.717, 1.165) is 17.3 Å². The van der Waals surface area contributed by atoms with E-state index in [1.165, 1.54) is 0 Å². The van der Waals surface area contributed by atoms with Crippen LogP contribution in [0.5, 0.6) is 0 Å². The fraction of sp³-hybridized carbons (Fsp3) is 0.400. The van der Waals surface area contributed by atoms with Crippen LogP contribution in [0, 0.1) is 0 Å². The number of rotatable bonds is 3. The van der Waals surface area contributed by atoms with Gasteiger partial charge in [-0.1, -0.05) is 22.5 Å². The molecule has 0 saturated heterocycles. The van der Waals surface area contributed by atoms with Crippen molar-refractivity contribution in [3.8, 4) is 0 Å². The molecule has 0 N–H and O–H groups in total. The summed E-state index contributed by atoms with van der Waals surface area (Å²) in [5.41, 5.74) is 0. The molecule has 0 unspecified atom stereocenters. The van der Waals surface area contributed by atoms with E-state index in [-0.39, 0.29) is 0 Å². The van der Waals surface area contributed by atoms with E-state index >= 15 is 0 Å². The lowest BCUT2D eigenvalue weighted by molar-refractivity contribution is 1.11. The predicted molar refractivity (Wildman–Crippen MR) is 49.8 cm³/mol. The summed E-state index contributed by atoms with van der Waals surface area (Å²) in [4.78, 5) is 0. The molecule has 0 aliphatic carbocycles. The van der Waals surface area contributed by atoms with Gasteiger partial charge in [-0.2, -0.15) is 0 Å². The Balaban J connectivity index is 3.05. The van der Waals surface area contributed by atoms with Crippen molar-refractivity contribution in [1.82, 2.24) is 0 Å². The van der Waals surface area contributed by atoms with Crippen LogP contribution < -0.4 is 0 Å². The standard InChI is InChI=1S/C5H7BrIN/c1-5(6)3-2-4-8-7/h4H,1-3H2/b8-4+. The Kier molecular flexibility index (Phi) is 6.20. The van der Waals surface area contributed by atoms with Gasteiger partial charge in [0.2, 0.25) is 0 Å². The molecule has 3 heteroatoms. The maximum atomic E-state index is 3.79. The molecule has 0 saturated carbocycles. The van der Waals surface area contributed by atoms with E-state index in [1.807, 2.05) is 29.1 Å². The summed E-state index contributed by atoms with van der Waals surface area (Å²) < 4.78 is 4.83. The van der Waals surface area contributed by atoms with Crippen LogP contribution in [0.4, 0.5) is 0 Å². The fourth-order valence-corrected chi connectivity index (χ4v) is 0.777. The molecule has 8 heavy (non-hydrogen) atoms. The van der Waals surface area contributed by atoms with Gasteiger partial charge in [0, 0.05) is 6.21 Å². The molecule has 0 aromatic carbocycles. The van der Waals surface area contributed by atoms with Crippen molar-refractivity contribution in [2.75, 3.05) is 0 Å². The van der Waals surface area contributed by atoms with E-state index in [0.29, 0.717) is 0 Å². The molecule has 0 amide bonds. The average molecular weight is 288 g/mol. The Labute approximate surface area is 71.9 Å². The lowest BCUT2D eigenvalue weighted by atomic mass is 10.3. The Morgan fingerprint density at radius 3 is 2.88 bits per heavy atom. The molecule has 0 aliphatic heterocycles. The zero-order valence-electron chi connectivity index (χ0n) is 4.40. The first-order chi connectivity index (χ1) is 3.77. The van der Waals surface area contributed by atoms with Gasteiger partial charge in [-0.05, 0) is 17.3 Å². The molecule has 0 fully saturated rings. The highest BCUT2D eigenvalue weighted by atomic mass is 127. The minimum atomic E-state index is 0.979. The molecule has 46 valence electrons. The molecular weight excluding hydrogens is 281 g/mol. The molecule has 0 aliphatic rings. The summed E-state index contributed by atoms with van der Waals surface area (Å²) in [7, 11) is 0. The van der Waals surface area contributed by atoms with E-state index in [2.05, 4.69) is 25.7 Å². The molecule has 0 rings (SSSR count). The molecule has 0 atom stereocenters. The van der Waals surface area contributed by atoms with Gasteiger partial charge in [0.25, 0.3) is 0 Å². The summed E-state index contributed by atoms with van der Waals surface area (Å²) in [5, 5.41) is 0. The van der Waals surface area contributed by atoms with Crippen LogP contribution in [0.1, 0.15) is 12.8 Å². The highest BCUT2D eigenvalue weighted by Gasteiger charge is 1.82. The van der Waals surface area contributed by atoms with Crippen LogP contribution >= 0.6 is 38.8 Å². The Morgan fingerprint density at radius 1 is 1.88 bits per heavy atom. The highest BCUT2D eigenvalue weighted by Crippen LogP contribution is 2.07. The van der Waals surface area contributed by atoms with Crippen molar-refractivity contribution >= 4 is 45.0 Å². The molecule has 0 heterocycles. The van der Waals surface area contributed by atoms with Gasteiger partial charge in [-0.3, -0.25) is 0 Å². The van der Waals surface area contributed by atoms with Crippen LogP contribution in [0.15, 0.2) is 14.3 Å². The zero-order valence-corrected chi connectivity index (χ0v) is 8.15. The topological polar surface area (TPSA) is 12.4 Å². The molecule has 0 bridgehead atoms. The van der Waals surface area contributed by atoms with Crippen molar-refractivity contribution < 1.29 is 0 Å². The first-order valence-electron chi connectivity index (χ1n) is 2.23.